The second-order valence-corrected chi connectivity index (χ2v) is 8.48. The van der Waals surface area contributed by atoms with Crippen molar-refractivity contribution in [2.75, 3.05) is 37.6 Å². The van der Waals surface area contributed by atoms with Crippen molar-refractivity contribution in [1.29, 1.82) is 0 Å². The highest BCUT2D eigenvalue weighted by molar-refractivity contribution is 6.32. The van der Waals surface area contributed by atoms with Crippen LogP contribution in [0.2, 0.25) is 0 Å². The summed E-state index contributed by atoms with van der Waals surface area (Å²) in [7, 11) is 0. The first-order valence-electron chi connectivity index (χ1n) is 11.0. The lowest BCUT2D eigenvalue weighted by molar-refractivity contribution is 0.209. The summed E-state index contributed by atoms with van der Waals surface area (Å²) in [6.07, 6.45) is 3.88. The van der Waals surface area contributed by atoms with Crippen molar-refractivity contribution in [3.05, 3.63) is 71.6 Å². The Morgan fingerprint density at radius 3 is 2.47 bits per heavy atom. The molecule has 3 aromatic rings. The molecule has 0 saturated carbocycles. The molecule has 0 bridgehead atoms. The van der Waals surface area contributed by atoms with E-state index >= 15 is 0 Å². The minimum absolute atomic E-state index is 0.488. The Bertz CT molecular complexity index is 1230. The van der Waals surface area contributed by atoms with Gasteiger partial charge < -0.3 is 4.90 Å². The smallest absolute Gasteiger partial charge is 0.159 e. The van der Waals surface area contributed by atoms with Gasteiger partial charge in [0.25, 0.3) is 0 Å². The lowest BCUT2D eigenvalue weighted by Crippen LogP contribution is -2.48. The van der Waals surface area contributed by atoms with Gasteiger partial charge in [-0.1, -0.05) is 6.08 Å². The van der Waals surface area contributed by atoms with Crippen LogP contribution in [-0.4, -0.2) is 59.3 Å². The lowest BCUT2D eigenvalue weighted by atomic mass is 10.00. The Balaban J connectivity index is 1.43. The summed E-state index contributed by atoms with van der Waals surface area (Å²) in [5.74, 6) is -1.75. The maximum absolute atomic E-state index is 13.8. The van der Waals surface area contributed by atoms with Gasteiger partial charge in [-0.05, 0) is 50.2 Å². The van der Waals surface area contributed by atoms with Crippen molar-refractivity contribution in [2.24, 2.45) is 4.99 Å². The number of hydrogen-bond acceptors (Lipinski definition) is 5. The number of nitrogens with zero attached hydrogens (tertiary/aromatic N) is 5. The first-order valence-corrected chi connectivity index (χ1v) is 11.0. The molecule has 4 heterocycles. The highest BCUT2D eigenvalue weighted by atomic mass is 19.2. The van der Waals surface area contributed by atoms with E-state index in [1.54, 1.807) is 6.07 Å². The third-order valence-electron chi connectivity index (χ3n) is 6.20. The maximum atomic E-state index is 13.8. The van der Waals surface area contributed by atoms with E-state index in [0.29, 0.717) is 23.9 Å². The van der Waals surface area contributed by atoms with Crippen LogP contribution in [0.3, 0.4) is 0 Å². The molecule has 0 amide bonds. The standard InChI is InChI=1S/C25H25F2N5/c1-16(2)31-9-11-32(12-10-31)18-14-24-23(29-15-18)6-5-22(30-24)19-7-8-28-25(19)17-3-4-20(26)21(27)13-17/h3-7,13-16H,8-12H2,1-2H3. The zero-order chi connectivity index (χ0) is 22.2. The van der Waals surface area contributed by atoms with Gasteiger partial charge in [-0.25, -0.2) is 13.8 Å². The van der Waals surface area contributed by atoms with E-state index in [-0.39, 0.29) is 0 Å². The second-order valence-electron chi connectivity index (χ2n) is 8.48. The molecule has 164 valence electrons. The van der Waals surface area contributed by atoms with Crippen LogP contribution in [0.15, 0.2) is 53.7 Å². The highest BCUT2D eigenvalue weighted by Gasteiger charge is 2.21. The molecule has 2 aliphatic heterocycles. The van der Waals surface area contributed by atoms with Crippen LogP contribution in [0.25, 0.3) is 16.6 Å². The molecule has 5 nitrogen and oxygen atoms in total. The number of allylic oxidation sites excluding steroid dienone is 1. The first-order chi connectivity index (χ1) is 15.5. The number of hydrogen-bond donors (Lipinski definition) is 0. The van der Waals surface area contributed by atoms with Crippen LogP contribution in [0.5, 0.6) is 0 Å². The monoisotopic (exact) mass is 433 g/mol. The van der Waals surface area contributed by atoms with Gasteiger partial charge in [0.05, 0.1) is 40.9 Å². The number of rotatable bonds is 4. The molecule has 1 aromatic carbocycles. The van der Waals surface area contributed by atoms with Crippen molar-refractivity contribution in [1.82, 2.24) is 14.9 Å². The SMILES string of the molecule is CC(C)N1CCN(c2cnc3ccc(C4=CCN=C4c4ccc(F)c(F)c4)nc3c2)CC1. The topological polar surface area (TPSA) is 44.6 Å². The molecular weight excluding hydrogens is 408 g/mol. The molecular formula is C25H25F2N5. The zero-order valence-electron chi connectivity index (χ0n) is 18.2. The van der Waals surface area contributed by atoms with Crippen LogP contribution < -0.4 is 4.90 Å². The van der Waals surface area contributed by atoms with E-state index in [1.165, 1.54) is 6.07 Å². The van der Waals surface area contributed by atoms with E-state index in [4.69, 9.17) is 4.98 Å². The molecule has 2 aromatic heterocycles. The van der Waals surface area contributed by atoms with Gasteiger partial charge >= 0.3 is 0 Å². The Kier molecular flexibility index (Phi) is 5.43. The third-order valence-corrected chi connectivity index (χ3v) is 6.20. The van der Waals surface area contributed by atoms with Gasteiger partial charge in [0.15, 0.2) is 11.6 Å². The van der Waals surface area contributed by atoms with Crippen molar-refractivity contribution in [3.63, 3.8) is 0 Å². The molecule has 0 atom stereocenters. The quantitative estimate of drug-likeness (QED) is 0.615. The number of fused-ring (bicyclic) bond motifs is 1. The van der Waals surface area contributed by atoms with Crippen LogP contribution in [0.4, 0.5) is 14.5 Å². The molecule has 0 radical (unpaired) electrons. The highest BCUT2D eigenvalue weighted by Crippen LogP contribution is 2.27. The predicted molar refractivity (Wildman–Crippen MR) is 124 cm³/mol. The van der Waals surface area contributed by atoms with Gasteiger partial charge in [-0.3, -0.25) is 14.9 Å². The third kappa shape index (κ3) is 3.88. The zero-order valence-corrected chi connectivity index (χ0v) is 18.2. The number of halogens is 2. The number of aromatic nitrogens is 2. The van der Waals surface area contributed by atoms with Gasteiger partial charge in [-0.2, -0.15) is 0 Å². The van der Waals surface area contributed by atoms with E-state index in [1.807, 2.05) is 24.4 Å². The Morgan fingerprint density at radius 1 is 0.906 bits per heavy atom. The van der Waals surface area contributed by atoms with E-state index in [9.17, 15) is 8.78 Å². The average molecular weight is 434 g/mol. The van der Waals surface area contributed by atoms with Crippen LogP contribution in [-0.2, 0) is 0 Å². The Morgan fingerprint density at radius 2 is 1.72 bits per heavy atom. The summed E-state index contributed by atoms with van der Waals surface area (Å²) in [5.41, 5.74) is 5.46. The fourth-order valence-corrected chi connectivity index (χ4v) is 4.34. The lowest BCUT2D eigenvalue weighted by Gasteiger charge is -2.38. The number of piperazine rings is 1. The fraction of sp³-hybridized carbons (Fsp3) is 0.320. The number of anilines is 1. The molecule has 5 rings (SSSR count). The Labute approximate surface area is 186 Å². The van der Waals surface area contributed by atoms with E-state index < -0.39 is 11.6 Å². The average Bonchev–Trinajstić information content (AvgIpc) is 3.30. The van der Waals surface area contributed by atoms with Crippen molar-refractivity contribution < 1.29 is 8.78 Å². The number of aliphatic imine (C=N–C) groups is 1. The van der Waals surface area contributed by atoms with Crippen LogP contribution in [0, 0.1) is 11.6 Å². The van der Waals surface area contributed by atoms with Crippen molar-refractivity contribution in [2.45, 2.75) is 19.9 Å². The normalized spacial score (nSPS) is 17.2. The largest absolute Gasteiger partial charge is 0.368 e. The second kappa shape index (κ2) is 8.39. The number of benzene rings is 1. The molecule has 7 heteroatoms. The molecule has 1 saturated heterocycles. The van der Waals surface area contributed by atoms with E-state index in [2.05, 4.69) is 39.7 Å². The van der Waals surface area contributed by atoms with Crippen molar-refractivity contribution >= 4 is 28.0 Å². The predicted octanol–water partition coefficient (Wildman–Crippen LogP) is 4.32. The van der Waals surface area contributed by atoms with Crippen LogP contribution >= 0.6 is 0 Å². The summed E-state index contributed by atoms with van der Waals surface area (Å²) >= 11 is 0. The molecule has 0 N–H and O–H groups in total. The van der Waals surface area contributed by atoms with Gasteiger partial charge in [-0.15, -0.1) is 0 Å². The summed E-state index contributed by atoms with van der Waals surface area (Å²) in [4.78, 5) is 18.8. The first kappa shape index (κ1) is 20.7. The van der Waals surface area contributed by atoms with Gasteiger partial charge in [0.1, 0.15) is 0 Å². The summed E-state index contributed by atoms with van der Waals surface area (Å²) in [6.45, 7) is 8.94. The minimum atomic E-state index is -0.880. The number of pyridine rings is 2. The van der Waals surface area contributed by atoms with Gasteiger partial charge in [0, 0.05) is 43.4 Å². The van der Waals surface area contributed by atoms with E-state index in [0.717, 1.165) is 60.2 Å². The molecule has 0 unspecified atom stereocenters. The van der Waals surface area contributed by atoms with Crippen LogP contribution in [0.1, 0.15) is 25.1 Å². The Hall–Kier alpha value is -3.19. The molecule has 2 aliphatic rings. The fourth-order valence-electron chi connectivity index (χ4n) is 4.34. The summed E-state index contributed by atoms with van der Waals surface area (Å²) < 4.78 is 27.2. The molecule has 1 fully saturated rings. The summed E-state index contributed by atoms with van der Waals surface area (Å²) in [6, 6.07) is 10.4. The molecule has 0 spiro atoms. The molecule has 32 heavy (non-hydrogen) atoms. The molecule has 0 aliphatic carbocycles. The maximum Gasteiger partial charge on any atom is 0.159 e. The van der Waals surface area contributed by atoms with Gasteiger partial charge in [0.2, 0.25) is 0 Å². The van der Waals surface area contributed by atoms with Crippen molar-refractivity contribution in [3.8, 4) is 0 Å². The summed E-state index contributed by atoms with van der Waals surface area (Å²) in [5, 5.41) is 0. The minimum Gasteiger partial charge on any atom is -0.368 e.